The van der Waals surface area contributed by atoms with Gasteiger partial charge < -0.3 is 9.47 Å². The second kappa shape index (κ2) is 7.55. The van der Waals surface area contributed by atoms with Gasteiger partial charge in [0.25, 0.3) is 0 Å². The molecule has 15 heavy (non-hydrogen) atoms. The molecule has 0 radical (unpaired) electrons. The molecule has 0 saturated carbocycles. The summed E-state index contributed by atoms with van der Waals surface area (Å²) >= 11 is 0. The van der Waals surface area contributed by atoms with Crippen LogP contribution in [-0.2, 0) is 9.47 Å². The summed E-state index contributed by atoms with van der Waals surface area (Å²) in [5, 5.41) is 0. The first-order valence-corrected chi connectivity index (χ1v) is 5.92. The summed E-state index contributed by atoms with van der Waals surface area (Å²) in [4.78, 5) is 11.4. The summed E-state index contributed by atoms with van der Waals surface area (Å²) in [5.41, 5.74) is 0. The van der Waals surface area contributed by atoms with Gasteiger partial charge in [-0.05, 0) is 25.2 Å². The maximum atomic E-state index is 11.4. The Hall–Kier alpha value is -0.730. The Morgan fingerprint density at radius 2 is 1.53 bits per heavy atom. The fraction of sp³-hybridized carbons (Fsp3) is 0.917. The molecule has 1 atom stereocenters. The third kappa shape index (κ3) is 5.65. The van der Waals surface area contributed by atoms with Gasteiger partial charge in [0.1, 0.15) is 12.2 Å². The van der Waals surface area contributed by atoms with Crippen LogP contribution in [0.5, 0.6) is 0 Å². The molecule has 0 N–H and O–H groups in total. The minimum atomic E-state index is -0.524. The van der Waals surface area contributed by atoms with E-state index in [0.29, 0.717) is 5.92 Å². The normalized spacial score (nSPS) is 13.0. The highest BCUT2D eigenvalue weighted by molar-refractivity contribution is 5.60. The van der Waals surface area contributed by atoms with Crippen LogP contribution in [0.25, 0.3) is 0 Å². The van der Waals surface area contributed by atoms with E-state index < -0.39 is 6.16 Å². The van der Waals surface area contributed by atoms with Crippen molar-refractivity contribution in [1.82, 2.24) is 0 Å². The number of carbonyl (C=O) groups is 1. The van der Waals surface area contributed by atoms with Crippen LogP contribution < -0.4 is 0 Å². The average molecular weight is 216 g/mol. The quantitative estimate of drug-likeness (QED) is 0.634. The fourth-order valence-electron chi connectivity index (χ4n) is 1.43. The van der Waals surface area contributed by atoms with Gasteiger partial charge in [-0.25, -0.2) is 4.79 Å². The van der Waals surface area contributed by atoms with Gasteiger partial charge in [-0.15, -0.1) is 0 Å². The first-order chi connectivity index (χ1) is 7.04. The highest BCUT2D eigenvalue weighted by Gasteiger charge is 2.19. The average Bonchev–Trinajstić information content (AvgIpc) is 2.22. The number of hydrogen-bond acceptors (Lipinski definition) is 3. The zero-order valence-corrected chi connectivity index (χ0v) is 10.6. The molecule has 0 fully saturated rings. The molecule has 0 heterocycles. The van der Waals surface area contributed by atoms with Gasteiger partial charge in [-0.1, -0.05) is 34.6 Å². The fourth-order valence-corrected chi connectivity index (χ4v) is 1.43. The van der Waals surface area contributed by atoms with Crippen LogP contribution in [0.1, 0.15) is 53.9 Å². The maximum absolute atomic E-state index is 11.4. The van der Waals surface area contributed by atoms with E-state index in [1.165, 1.54) is 0 Å². The molecule has 0 aliphatic rings. The Bertz CT molecular complexity index is 174. The number of carbonyl (C=O) groups excluding carboxylic acids is 1. The highest BCUT2D eigenvalue weighted by atomic mass is 16.7. The molecule has 3 heteroatoms. The lowest BCUT2D eigenvalue weighted by molar-refractivity contribution is -0.0165. The first kappa shape index (κ1) is 14.3. The molecule has 0 aromatic carbocycles. The van der Waals surface area contributed by atoms with Crippen molar-refractivity contribution in [2.45, 2.75) is 66.1 Å². The van der Waals surface area contributed by atoms with Crippen molar-refractivity contribution in [1.29, 1.82) is 0 Å². The van der Waals surface area contributed by atoms with Crippen molar-refractivity contribution in [2.75, 3.05) is 0 Å². The Balaban J connectivity index is 4.00. The van der Waals surface area contributed by atoms with Crippen molar-refractivity contribution in [3.63, 3.8) is 0 Å². The molecular weight excluding hydrogens is 192 g/mol. The van der Waals surface area contributed by atoms with Crippen molar-refractivity contribution < 1.29 is 14.3 Å². The van der Waals surface area contributed by atoms with Crippen LogP contribution in [-0.4, -0.2) is 18.4 Å². The summed E-state index contributed by atoms with van der Waals surface area (Å²) < 4.78 is 10.4. The summed E-state index contributed by atoms with van der Waals surface area (Å²) in [6.45, 7) is 10.1. The van der Waals surface area contributed by atoms with E-state index in [0.717, 1.165) is 19.3 Å². The van der Waals surface area contributed by atoms with Gasteiger partial charge in [-0.3, -0.25) is 0 Å². The zero-order chi connectivity index (χ0) is 11.8. The van der Waals surface area contributed by atoms with Crippen molar-refractivity contribution >= 4 is 6.16 Å². The molecule has 0 saturated heterocycles. The SMILES string of the molecule is CCC(CC)OC(=O)OC(CC)C(C)C. The molecule has 0 amide bonds. The van der Waals surface area contributed by atoms with E-state index in [4.69, 9.17) is 9.47 Å². The molecular formula is C12H24O3. The minimum absolute atomic E-state index is 0.0119. The molecule has 0 rings (SSSR count). The Morgan fingerprint density at radius 1 is 1.00 bits per heavy atom. The molecule has 3 nitrogen and oxygen atoms in total. The van der Waals surface area contributed by atoms with Gasteiger partial charge in [-0.2, -0.15) is 0 Å². The van der Waals surface area contributed by atoms with Gasteiger partial charge >= 0.3 is 6.16 Å². The Morgan fingerprint density at radius 3 is 1.87 bits per heavy atom. The van der Waals surface area contributed by atoms with E-state index in [9.17, 15) is 4.79 Å². The summed E-state index contributed by atoms with van der Waals surface area (Å²) in [5.74, 6) is 0.337. The van der Waals surface area contributed by atoms with E-state index in [2.05, 4.69) is 0 Å². The molecule has 90 valence electrons. The minimum Gasteiger partial charge on any atom is -0.431 e. The zero-order valence-electron chi connectivity index (χ0n) is 10.6. The molecule has 0 aliphatic heterocycles. The van der Waals surface area contributed by atoms with Crippen LogP contribution in [0.15, 0.2) is 0 Å². The van der Waals surface area contributed by atoms with Crippen LogP contribution in [0.2, 0.25) is 0 Å². The van der Waals surface area contributed by atoms with Crippen LogP contribution in [0, 0.1) is 5.92 Å². The standard InChI is InChI=1S/C12H24O3/c1-6-10(7-2)14-12(13)15-11(8-3)9(4)5/h9-11H,6-8H2,1-5H3. The lowest BCUT2D eigenvalue weighted by Gasteiger charge is -2.21. The van der Waals surface area contributed by atoms with Crippen molar-refractivity contribution in [2.24, 2.45) is 5.92 Å². The van der Waals surface area contributed by atoms with Crippen LogP contribution in [0.3, 0.4) is 0 Å². The van der Waals surface area contributed by atoms with Gasteiger partial charge in [0.15, 0.2) is 0 Å². The lowest BCUT2D eigenvalue weighted by atomic mass is 10.1. The number of hydrogen-bond donors (Lipinski definition) is 0. The monoisotopic (exact) mass is 216 g/mol. The summed E-state index contributed by atoms with van der Waals surface area (Å²) in [6.07, 6.45) is 1.93. The maximum Gasteiger partial charge on any atom is 0.508 e. The molecule has 0 aromatic heterocycles. The molecule has 0 aliphatic carbocycles. The molecule has 0 aromatic rings. The Labute approximate surface area is 93.1 Å². The smallest absolute Gasteiger partial charge is 0.431 e. The van der Waals surface area contributed by atoms with E-state index in [1.54, 1.807) is 0 Å². The topological polar surface area (TPSA) is 35.5 Å². The largest absolute Gasteiger partial charge is 0.508 e. The molecule has 0 spiro atoms. The number of rotatable bonds is 6. The highest BCUT2D eigenvalue weighted by Crippen LogP contribution is 2.13. The predicted octanol–water partition coefficient (Wildman–Crippen LogP) is 3.76. The molecule has 1 unspecified atom stereocenters. The van der Waals surface area contributed by atoms with Crippen LogP contribution in [0.4, 0.5) is 4.79 Å². The second-order valence-electron chi connectivity index (χ2n) is 4.11. The summed E-state index contributed by atoms with van der Waals surface area (Å²) in [6, 6.07) is 0. The summed E-state index contributed by atoms with van der Waals surface area (Å²) in [7, 11) is 0. The van der Waals surface area contributed by atoms with Crippen molar-refractivity contribution in [3.05, 3.63) is 0 Å². The van der Waals surface area contributed by atoms with E-state index in [1.807, 2.05) is 34.6 Å². The predicted molar refractivity (Wildman–Crippen MR) is 60.9 cm³/mol. The van der Waals surface area contributed by atoms with Gasteiger partial charge in [0.2, 0.25) is 0 Å². The Kier molecular flexibility index (Phi) is 7.18. The second-order valence-corrected chi connectivity index (χ2v) is 4.11. The van der Waals surface area contributed by atoms with Gasteiger partial charge in [0.05, 0.1) is 0 Å². The van der Waals surface area contributed by atoms with Crippen molar-refractivity contribution in [3.8, 4) is 0 Å². The van der Waals surface area contributed by atoms with E-state index >= 15 is 0 Å². The number of ether oxygens (including phenoxy) is 2. The molecule has 0 bridgehead atoms. The van der Waals surface area contributed by atoms with Gasteiger partial charge in [0, 0.05) is 0 Å². The first-order valence-electron chi connectivity index (χ1n) is 5.92. The van der Waals surface area contributed by atoms with Crippen LogP contribution >= 0.6 is 0 Å². The lowest BCUT2D eigenvalue weighted by Crippen LogP contribution is -2.26. The third-order valence-electron chi connectivity index (χ3n) is 2.57. The third-order valence-corrected chi connectivity index (χ3v) is 2.57. The van der Waals surface area contributed by atoms with E-state index in [-0.39, 0.29) is 12.2 Å².